The Hall–Kier alpha value is -4.94. The molecule has 7 rings (SSSR count). The molecule has 3 N–H and O–H groups in total. The Morgan fingerprint density at radius 1 is 0.933 bits per heavy atom. The lowest BCUT2D eigenvalue weighted by atomic mass is 10.1. The van der Waals surface area contributed by atoms with Crippen LogP contribution in [0.3, 0.4) is 0 Å². The highest BCUT2D eigenvalue weighted by Gasteiger charge is 2.18. The van der Waals surface area contributed by atoms with Gasteiger partial charge in [-0.2, -0.15) is 5.10 Å². The summed E-state index contributed by atoms with van der Waals surface area (Å²) in [5.41, 5.74) is 7.08. The summed E-state index contributed by atoms with van der Waals surface area (Å²) in [4.78, 5) is 26.5. The van der Waals surface area contributed by atoms with E-state index in [0.29, 0.717) is 63.8 Å². The topological polar surface area (TPSA) is 124 Å². The van der Waals surface area contributed by atoms with E-state index in [1.807, 2.05) is 38.4 Å². The van der Waals surface area contributed by atoms with Crippen LogP contribution in [0.1, 0.15) is 12.8 Å². The molecular weight excluding hydrogens is 571 g/mol. The first-order chi connectivity index (χ1) is 22.0. The van der Waals surface area contributed by atoms with Crippen LogP contribution in [0, 0.1) is 5.82 Å². The predicted octanol–water partition coefficient (Wildman–Crippen LogP) is 5.21. The Labute approximate surface area is 259 Å². The highest BCUT2D eigenvalue weighted by molar-refractivity contribution is 5.96. The molecule has 230 valence electrons. The number of fused-ring (bicyclic) bond motifs is 2. The van der Waals surface area contributed by atoms with Crippen molar-refractivity contribution in [3.63, 3.8) is 0 Å². The Morgan fingerprint density at radius 3 is 2.67 bits per heavy atom. The van der Waals surface area contributed by atoms with E-state index in [1.54, 1.807) is 24.8 Å². The molecule has 0 aliphatic carbocycles. The fourth-order valence-electron chi connectivity index (χ4n) is 5.69. The highest BCUT2D eigenvalue weighted by Crippen LogP contribution is 2.33. The zero-order valence-electron chi connectivity index (χ0n) is 25.3. The third kappa shape index (κ3) is 6.33. The number of rotatable bonds is 11. The molecule has 6 heterocycles. The van der Waals surface area contributed by atoms with Gasteiger partial charge in [0.05, 0.1) is 34.6 Å². The maximum Gasteiger partial charge on any atom is 0.161 e. The number of benzene rings is 1. The molecule has 1 aliphatic rings. The summed E-state index contributed by atoms with van der Waals surface area (Å²) >= 11 is 0. The number of likely N-dealkylation sites (tertiary alicyclic amines) is 1. The number of imidazole rings is 1. The number of ether oxygens (including phenoxy) is 1. The van der Waals surface area contributed by atoms with Gasteiger partial charge in [0.25, 0.3) is 0 Å². The van der Waals surface area contributed by atoms with Crippen molar-refractivity contribution in [1.29, 1.82) is 0 Å². The smallest absolute Gasteiger partial charge is 0.161 e. The van der Waals surface area contributed by atoms with Gasteiger partial charge in [-0.05, 0) is 82.0 Å². The second-order valence-corrected chi connectivity index (χ2v) is 11.6. The number of H-pyrrole nitrogens is 2. The van der Waals surface area contributed by atoms with Gasteiger partial charge in [-0.3, -0.25) is 20.0 Å². The van der Waals surface area contributed by atoms with Crippen LogP contribution in [-0.4, -0.2) is 98.3 Å². The summed E-state index contributed by atoms with van der Waals surface area (Å²) in [5.74, 6) is 0.915. The first-order valence-electron chi connectivity index (χ1n) is 15.2. The fraction of sp³-hybridized carbons (Fsp3) is 0.303. The summed E-state index contributed by atoms with van der Waals surface area (Å²) in [6.07, 6.45) is 9.45. The predicted molar refractivity (Wildman–Crippen MR) is 174 cm³/mol. The van der Waals surface area contributed by atoms with E-state index < -0.39 is 0 Å². The minimum absolute atomic E-state index is 0.335. The summed E-state index contributed by atoms with van der Waals surface area (Å²) in [7, 11) is 4.00. The Kier molecular flexibility index (Phi) is 8.05. The van der Waals surface area contributed by atoms with Gasteiger partial charge in [0, 0.05) is 48.8 Å². The Balaban J connectivity index is 1.17. The number of halogens is 1. The summed E-state index contributed by atoms with van der Waals surface area (Å²) < 4.78 is 20.7. The zero-order chi connectivity index (χ0) is 30.8. The standard InChI is InChI=1S/C33H35FN10O/c1-43(2)10-7-37-24-14-21(13-23(34)16-24)26-19-36-20-29-30(26)40-33(39-29)32-31-28(41-42-32)6-5-27(38-31)22-15-25(18-35-17-22)45-12-11-44-8-3-4-9-44/h5-6,13-20,37H,3-4,7-12H2,1-2H3,(H,39,40)(H,41,42). The molecule has 11 nitrogen and oxygen atoms in total. The summed E-state index contributed by atoms with van der Waals surface area (Å²) in [6.45, 7) is 5.34. The molecular formula is C33H35FN10O. The van der Waals surface area contributed by atoms with E-state index in [0.717, 1.165) is 43.0 Å². The third-order valence-corrected chi connectivity index (χ3v) is 8.01. The number of nitrogens with zero attached hydrogens (tertiary/aromatic N) is 7. The normalized spacial score (nSPS) is 13.8. The SMILES string of the molecule is CN(C)CCNc1cc(F)cc(-c2cncc3[nH]c(-c4n[nH]c5ccc(-c6cncc(OCCN7CCCC7)c6)nc45)nc23)c1. The lowest BCUT2D eigenvalue weighted by Gasteiger charge is -2.15. The van der Waals surface area contributed by atoms with Crippen molar-refractivity contribution >= 4 is 27.8 Å². The molecule has 1 saturated heterocycles. The minimum atomic E-state index is -0.335. The third-order valence-electron chi connectivity index (χ3n) is 8.01. The van der Waals surface area contributed by atoms with Gasteiger partial charge in [-0.1, -0.05) is 0 Å². The molecule has 45 heavy (non-hydrogen) atoms. The number of anilines is 1. The van der Waals surface area contributed by atoms with Crippen molar-refractivity contribution in [3.05, 3.63) is 67.0 Å². The number of likely N-dealkylation sites (N-methyl/N-ethyl adjacent to an activating group) is 1. The second kappa shape index (κ2) is 12.6. The molecule has 1 aliphatic heterocycles. The number of nitrogens with one attached hydrogen (secondary N) is 3. The fourth-order valence-corrected chi connectivity index (χ4v) is 5.69. The van der Waals surface area contributed by atoms with E-state index in [2.05, 4.69) is 40.3 Å². The number of aromatic nitrogens is 7. The van der Waals surface area contributed by atoms with Gasteiger partial charge in [-0.15, -0.1) is 0 Å². The van der Waals surface area contributed by atoms with Crippen LogP contribution in [0.5, 0.6) is 5.75 Å². The first-order valence-corrected chi connectivity index (χ1v) is 15.2. The molecule has 6 aromatic rings. The highest BCUT2D eigenvalue weighted by atomic mass is 19.1. The Morgan fingerprint density at radius 2 is 1.80 bits per heavy atom. The molecule has 0 saturated carbocycles. The molecule has 5 aromatic heterocycles. The Bertz CT molecular complexity index is 1950. The number of hydrogen-bond donors (Lipinski definition) is 3. The average Bonchev–Trinajstić information content (AvgIpc) is 3.80. The van der Waals surface area contributed by atoms with Gasteiger partial charge in [0.2, 0.25) is 0 Å². The molecule has 0 amide bonds. The van der Waals surface area contributed by atoms with Crippen molar-refractivity contribution in [2.24, 2.45) is 0 Å². The first kappa shape index (κ1) is 28.8. The lowest BCUT2D eigenvalue weighted by Crippen LogP contribution is -2.25. The van der Waals surface area contributed by atoms with Crippen molar-refractivity contribution in [2.75, 3.05) is 58.7 Å². The molecule has 0 bridgehead atoms. The quantitative estimate of drug-likeness (QED) is 0.182. The van der Waals surface area contributed by atoms with Crippen molar-refractivity contribution < 1.29 is 9.13 Å². The van der Waals surface area contributed by atoms with Crippen LogP contribution in [0.15, 0.2) is 61.2 Å². The van der Waals surface area contributed by atoms with Crippen LogP contribution in [0.25, 0.3) is 56.0 Å². The van der Waals surface area contributed by atoms with Gasteiger partial charge in [0.1, 0.15) is 23.7 Å². The van der Waals surface area contributed by atoms with Crippen LogP contribution >= 0.6 is 0 Å². The van der Waals surface area contributed by atoms with Crippen LogP contribution in [0.2, 0.25) is 0 Å². The maximum atomic E-state index is 14.7. The van der Waals surface area contributed by atoms with E-state index in [4.69, 9.17) is 14.7 Å². The average molecular weight is 607 g/mol. The minimum Gasteiger partial charge on any atom is -0.491 e. The van der Waals surface area contributed by atoms with Gasteiger partial charge in [0.15, 0.2) is 11.5 Å². The molecule has 0 radical (unpaired) electrons. The van der Waals surface area contributed by atoms with Gasteiger partial charge in [-0.25, -0.2) is 14.4 Å². The molecule has 0 atom stereocenters. The van der Waals surface area contributed by atoms with Crippen molar-refractivity contribution in [1.82, 2.24) is 44.9 Å². The van der Waals surface area contributed by atoms with E-state index in [-0.39, 0.29) is 5.82 Å². The van der Waals surface area contributed by atoms with Crippen molar-refractivity contribution in [3.8, 4) is 39.7 Å². The molecule has 1 fully saturated rings. The van der Waals surface area contributed by atoms with Crippen LogP contribution < -0.4 is 10.1 Å². The van der Waals surface area contributed by atoms with E-state index >= 15 is 0 Å². The van der Waals surface area contributed by atoms with Gasteiger partial charge < -0.3 is 19.9 Å². The summed E-state index contributed by atoms with van der Waals surface area (Å²) in [6, 6.07) is 10.8. The number of aromatic amines is 2. The van der Waals surface area contributed by atoms with E-state index in [9.17, 15) is 4.39 Å². The maximum absolute atomic E-state index is 14.7. The zero-order valence-corrected chi connectivity index (χ0v) is 25.3. The number of pyridine rings is 3. The number of hydrogen-bond acceptors (Lipinski definition) is 9. The second-order valence-electron chi connectivity index (χ2n) is 11.6. The molecule has 12 heteroatoms. The molecule has 1 aromatic carbocycles. The van der Waals surface area contributed by atoms with Crippen LogP contribution in [-0.2, 0) is 0 Å². The lowest BCUT2D eigenvalue weighted by molar-refractivity contribution is 0.237. The van der Waals surface area contributed by atoms with Crippen LogP contribution in [0.4, 0.5) is 10.1 Å². The summed E-state index contributed by atoms with van der Waals surface area (Å²) in [5, 5.41) is 10.9. The molecule has 0 unspecified atom stereocenters. The van der Waals surface area contributed by atoms with Gasteiger partial charge >= 0.3 is 0 Å². The van der Waals surface area contributed by atoms with Crippen molar-refractivity contribution in [2.45, 2.75) is 12.8 Å². The molecule has 0 spiro atoms. The van der Waals surface area contributed by atoms with E-state index in [1.165, 1.54) is 25.0 Å². The largest absolute Gasteiger partial charge is 0.491 e. The monoisotopic (exact) mass is 606 g/mol.